The van der Waals surface area contributed by atoms with E-state index in [1.165, 1.54) is 11.1 Å². The third-order valence-electron chi connectivity index (χ3n) is 4.50. The summed E-state index contributed by atoms with van der Waals surface area (Å²) >= 11 is 0. The van der Waals surface area contributed by atoms with Gasteiger partial charge >= 0.3 is 0 Å². The standard InChI is InChI=1S/C23H33NO3/c1-7-17-8-11-21(20(14-17)23(2,3)4)26-12-13-27-22-15-19(25-6)10-9-18(22)16-24-5/h8-11,14-15,24H,7,12-13,16H2,1-6H3. The van der Waals surface area contributed by atoms with Crippen molar-refractivity contribution in [1.82, 2.24) is 5.32 Å². The molecular weight excluding hydrogens is 338 g/mol. The maximum atomic E-state index is 6.07. The van der Waals surface area contributed by atoms with Crippen LogP contribution in [0.3, 0.4) is 0 Å². The number of ether oxygens (including phenoxy) is 3. The quantitative estimate of drug-likeness (QED) is 0.647. The van der Waals surface area contributed by atoms with Crippen molar-refractivity contribution in [3.05, 3.63) is 53.1 Å². The molecule has 2 aromatic carbocycles. The molecule has 0 heterocycles. The van der Waals surface area contributed by atoms with Gasteiger partial charge in [-0.05, 0) is 42.1 Å². The number of hydrogen-bond donors (Lipinski definition) is 1. The average molecular weight is 372 g/mol. The minimum atomic E-state index is 0.0358. The van der Waals surface area contributed by atoms with Crippen LogP contribution in [0, 0.1) is 0 Å². The summed E-state index contributed by atoms with van der Waals surface area (Å²) in [6.45, 7) is 10.5. The maximum absolute atomic E-state index is 6.07. The predicted molar refractivity (Wildman–Crippen MR) is 111 cm³/mol. The number of rotatable bonds is 9. The molecule has 0 aliphatic heterocycles. The highest BCUT2D eigenvalue weighted by molar-refractivity contribution is 5.42. The zero-order valence-electron chi connectivity index (χ0n) is 17.5. The Morgan fingerprint density at radius 1 is 0.926 bits per heavy atom. The SMILES string of the molecule is CCc1ccc(OCCOc2cc(OC)ccc2CNC)c(C(C)(C)C)c1. The smallest absolute Gasteiger partial charge is 0.127 e. The summed E-state index contributed by atoms with van der Waals surface area (Å²) in [6.07, 6.45) is 1.02. The highest BCUT2D eigenvalue weighted by Crippen LogP contribution is 2.32. The van der Waals surface area contributed by atoms with Crippen molar-refractivity contribution in [3.8, 4) is 17.2 Å². The van der Waals surface area contributed by atoms with Crippen LogP contribution in [-0.4, -0.2) is 27.4 Å². The van der Waals surface area contributed by atoms with Gasteiger partial charge in [0.05, 0.1) is 7.11 Å². The molecule has 0 saturated carbocycles. The van der Waals surface area contributed by atoms with E-state index >= 15 is 0 Å². The number of aryl methyl sites for hydroxylation is 1. The molecule has 0 radical (unpaired) electrons. The van der Waals surface area contributed by atoms with Crippen molar-refractivity contribution in [2.75, 3.05) is 27.4 Å². The first-order chi connectivity index (χ1) is 12.9. The van der Waals surface area contributed by atoms with Gasteiger partial charge in [-0.15, -0.1) is 0 Å². The Morgan fingerprint density at radius 3 is 2.22 bits per heavy atom. The lowest BCUT2D eigenvalue weighted by atomic mass is 9.85. The van der Waals surface area contributed by atoms with E-state index in [9.17, 15) is 0 Å². The molecule has 0 spiro atoms. The van der Waals surface area contributed by atoms with E-state index in [-0.39, 0.29) is 5.41 Å². The summed E-state index contributed by atoms with van der Waals surface area (Å²) in [5.74, 6) is 2.55. The van der Waals surface area contributed by atoms with Crippen molar-refractivity contribution in [2.24, 2.45) is 0 Å². The summed E-state index contributed by atoms with van der Waals surface area (Å²) in [5, 5.41) is 3.16. The van der Waals surface area contributed by atoms with E-state index in [1.54, 1.807) is 7.11 Å². The molecule has 0 saturated heterocycles. The van der Waals surface area contributed by atoms with Gasteiger partial charge in [0, 0.05) is 18.2 Å². The molecule has 1 N–H and O–H groups in total. The molecule has 0 bridgehead atoms. The van der Waals surface area contributed by atoms with Gasteiger partial charge in [-0.1, -0.05) is 45.9 Å². The maximum Gasteiger partial charge on any atom is 0.127 e. The first-order valence-electron chi connectivity index (χ1n) is 9.59. The van der Waals surface area contributed by atoms with Gasteiger partial charge in [0.1, 0.15) is 30.5 Å². The topological polar surface area (TPSA) is 39.7 Å². The van der Waals surface area contributed by atoms with E-state index in [2.05, 4.69) is 51.2 Å². The fraction of sp³-hybridized carbons (Fsp3) is 0.478. The van der Waals surface area contributed by atoms with Crippen LogP contribution < -0.4 is 19.5 Å². The fourth-order valence-corrected chi connectivity index (χ4v) is 2.94. The van der Waals surface area contributed by atoms with Crippen molar-refractivity contribution in [1.29, 1.82) is 0 Å². The molecule has 2 rings (SSSR count). The molecule has 0 aliphatic rings. The molecule has 27 heavy (non-hydrogen) atoms. The Morgan fingerprint density at radius 2 is 1.63 bits per heavy atom. The van der Waals surface area contributed by atoms with Gasteiger partial charge in [-0.3, -0.25) is 0 Å². The first-order valence-corrected chi connectivity index (χ1v) is 9.59. The number of hydrogen-bond acceptors (Lipinski definition) is 4. The molecule has 2 aromatic rings. The van der Waals surface area contributed by atoms with Crippen molar-refractivity contribution < 1.29 is 14.2 Å². The number of benzene rings is 2. The molecule has 148 valence electrons. The van der Waals surface area contributed by atoms with Gasteiger partial charge in [-0.2, -0.15) is 0 Å². The highest BCUT2D eigenvalue weighted by atomic mass is 16.5. The van der Waals surface area contributed by atoms with Crippen LogP contribution in [0.2, 0.25) is 0 Å². The average Bonchev–Trinajstić information content (AvgIpc) is 2.65. The molecular formula is C23H33NO3. The van der Waals surface area contributed by atoms with E-state index in [1.807, 2.05) is 25.2 Å². The van der Waals surface area contributed by atoms with Crippen LogP contribution in [0.1, 0.15) is 44.4 Å². The Hall–Kier alpha value is -2.20. The normalized spacial score (nSPS) is 11.3. The second-order valence-corrected chi connectivity index (χ2v) is 7.63. The van der Waals surface area contributed by atoms with Crippen LogP contribution in [-0.2, 0) is 18.4 Å². The van der Waals surface area contributed by atoms with Gasteiger partial charge in [-0.25, -0.2) is 0 Å². The Labute approximate surface area is 163 Å². The zero-order chi connectivity index (χ0) is 19.9. The molecule has 0 amide bonds. The van der Waals surface area contributed by atoms with Crippen LogP contribution in [0.4, 0.5) is 0 Å². The first kappa shape index (κ1) is 21.1. The van der Waals surface area contributed by atoms with E-state index in [0.29, 0.717) is 13.2 Å². The summed E-state index contributed by atoms with van der Waals surface area (Å²) in [6, 6.07) is 12.4. The lowest BCUT2D eigenvalue weighted by Gasteiger charge is -2.24. The van der Waals surface area contributed by atoms with Crippen molar-refractivity contribution >= 4 is 0 Å². The van der Waals surface area contributed by atoms with Gasteiger partial charge < -0.3 is 19.5 Å². The minimum absolute atomic E-state index is 0.0358. The summed E-state index contributed by atoms with van der Waals surface area (Å²) in [4.78, 5) is 0. The molecule has 0 aromatic heterocycles. The van der Waals surface area contributed by atoms with Gasteiger partial charge in [0.15, 0.2) is 0 Å². The largest absolute Gasteiger partial charge is 0.497 e. The van der Waals surface area contributed by atoms with Crippen molar-refractivity contribution in [3.63, 3.8) is 0 Å². The van der Waals surface area contributed by atoms with Crippen LogP contribution in [0.15, 0.2) is 36.4 Å². The summed E-state index contributed by atoms with van der Waals surface area (Å²) in [7, 11) is 3.58. The van der Waals surface area contributed by atoms with E-state index in [0.717, 1.165) is 35.8 Å². The summed E-state index contributed by atoms with van der Waals surface area (Å²) < 4.78 is 17.4. The molecule has 4 nitrogen and oxygen atoms in total. The third kappa shape index (κ3) is 5.90. The molecule has 0 unspecified atom stereocenters. The summed E-state index contributed by atoms with van der Waals surface area (Å²) in [5.41, 5.74) is 3.70. The number of nitrogens with one attached hydrogen (secondary N) is 1. The van der Waals surface area contributed by atoms with E-state index in [4.69, 9.17) is 14.2 Å². The lowest BCUT2D eigenvalue weighted by Crippen LogP contribution is -2.17. The monoisotopic (exact) mass is 371 g/mol. The Bertz CT molecular complexity index is 735. The fourth-order valence-electron chi connectivity index (χ4n) is 2.94. The predicted octanol–water partition coefficient (Wildman–Crippen LogP) is 4.73. The van der Waals surface area contributed by atoms with Crippen LogP contribution in [0.5, 0.6) is 17.2 Å². The minimum Gasteiger partial charge on any atom is -0.497 e. The second-order valence-electron chi connectivity index (χ2n) is 7.63. The van der Waals surface area contributed by atoms with Gasteiger partial charge in [0.2, 0.25) is 0 Å². The van der Waals surface area contributed by atoms with E-state index < -0.39 is 0 Å². The Balaban J connectivity index is 2.03. The molecule has 4 heteroatoms. The highest BCUT2D eigenvalue weighted by Gasteiger charge is 2.19. The molecule has 0 aliphatic carbocycles. The van der Waals surface area contributed by atoms with Crippen molar-refractivity contribution in [2.45, 2.75) is 46.1 Å². The third-order valence-corrected chi connectivity index (χ3v) is 4.50. The lowest BCUT2D eigenvalue weighted by molar-refractivity contribution is 0.212. The van der Waals surface area contributed by atoms with Crippen LogP contribution >= 0.6 is 0 Å². The second kappa shape index (κ2) is 9.65. The molecule has 0 atom stereocenters. The van der Waals surface area contributed by atoms with Gasteiger partial charge in [0.25, 0.3) is 0 Å². The van der Waals surface area contributed by atoms with Crippen LogP contribution in [0.25, 0.3) is 0 Å². The molecule has 0 fully saturated rings. The Kier molecular flexibility index (Phi) is 7.55. The number of methoxy groups -OCH3 is 1. The zero-order valence-corrected chi connectivity index (χ0v) is 17.5.